The average Bonchev–Trinajstić information content (AvgIpc) is 2.57. The molecule has 0 bridgehead atoms. The molecule has 16 heavy (non-hydrogen) atoms. The Kier molecular flexibility index (Phi) is 2.83. The van der Waals surface area contributed by atoms with Gasteiger partial charge in [-0.2, -0.15) is 0 Å². The lowest BCUT2D eigenvalue weighted by atomic mass is 10.2. The number of hydrogen-bond acceptors (Lipinski definition) is 3. The normalized spacial score (nSPS) is 20.3. The van der Waals surface area contributed by atoms with Crippen molar-refractivity contribution in [3.05, 3.63) is 24.3 Å². The van der Waals surface area contributed by atoms with Gasteiger partial charge in [0.25, 0.3) is 0 Å². The highest BCUT2D eigenvalue weighted by Crippen LogP contribution is 2.30. The molecule has 1 atom stereocenters. The number of benzene rings is 1. The maximum absolute atomic E-state index is 11.8. The van der Waals surface area contributed by atoms with Gasteiger partial charge < -0.3 is 15.5 Å². The number of hydrogen-bond donors (Lipinski definition) is 1. The molecule has 0 spiro atoms. The Bertz CT molecular complexity index is 403. The van der Waals surface area contributed by atoms with E-state index in [0.717, 1.165) is 11.4 Å². The highest BCUT2D eigenvalue weighted by atomic mass is 16.2. The second kappa shape index (κ2) is 4.14. The minimum atomic E-state index is -0.0391. The summed E-state index contributed by atoms with van der Waals surface area (Å²) in [5.74, 6) is 0.113. The van der Waals surface area contributed by atoms with E-state index >= 15 is 0 Å². The van der Waals surface area contributed by atoms with Crippen LogP contribution in [-0.4, -0.2) is 32.6 Å². The molecular formula is C12H17N3O. The zero-order chi connectivity index (χ0) is 11.7. The van der Waals surface area contributed by atoms with E-state index in [1.807, 2.05) is 43.3 Å². The van der Waals surface area contributed by atoms with Crippen LogP contribution in [0.25, 0.3) is 0 Å². The number of amides is 1. The van der Waals surface area contributed by atoms with E-state index in [1.54, 1.807) is 4.90 Å². The molecule has 4 nitrogen and oxygen atoms in total. The first-order valence-electron chi connectivity index (χ1n) is 5.42. The van der Waals surface area contributed by atoms with E-state index in [0.29, 0.717) is 13.0 Å². The first-order chi connectivity index (χ1) is 7.59. The van der Waals surface area contributed by atoms with Crippen molar-refractivity contribution in [3.63, 3.8) is 0 Å². The zero-order valence-electron chi connectivity index (χ0n) is 9.68. The predicted molar refractivity (Wildman–Crippen MR) is 65.7 cm³/mol. The average molecular weight is 219 g/mol. The number of anilines is 2. The second-order valence-electron chi connectivity index (χ2n) is 4.35. The van der Waals surface area contributed by atoms with Crippen molar-refractivity contribution in [1.82, 2.24) is 0 Å². The Morgan fingerprint density at radius 2 is 2.06 bits per heavy atom. The molecule has 1 aliphatic rings. The standard InChI is InChI=1S/C12H17N3O/c1-14(2)10-5-3-4-6-11(10)15-8-9(13)7-12(15)16/h3-6,9H,7-8,13H2,1-2H3. The summed E-state index contributed by atoms with van der Waals surface area (Å²) in [5.41, 5.74) is 7.80. The van der Waals surface area contributed by atoms with Crippen molar-refractivity contribution in [2.24, 2.45) is 5.73 Å². The number of para-hydroxylation sites is 2. The summed E-state index contributed by atoms with van der Waals surface area (Å²) in [6.45, 7) is 0.615. The van der Waals surface area contributed by atoms with Gasteiger partial charge in [0.1, 0.15) is 0 Å². The fourth-order valence-electron chi connectivity index (χ4n) is 2.04. The minimum Gasteiger partial charge on any atom is -0.376 e. The summed E-state index contributed by atoms with van der Waals surface area (Å²) < 4.78 is 0. The highest BCUT2D eigenvalue weighted by Gasteiger charge is 2.29. The molecule has 0 radical (unpaired) electrons. The third-order valence-electron chi connectivity index (χ3n) is 2.81. The number of nitrogens with zero attached hydrogens (tertiary/aromatic N) is 2. The molecule has 0 saturated carbocycles. The summed E-state index contributed by atoms with van der Waals surface area (Å²) in [4.78, 5) is 15.6. The van der Waals surface area contributed by atoms with Gasteiger partial charge in [0.15, 0.2) is 0 Å². The smallest absolute Gasteiger partial charge is 0.228 e. The summed E-state index contributed by atoms with van der Waals surface area (Å²) >= 11 is 0. The molecule has 1 amide bonds. The molecule has 4 heteroatoms. The first-order valence-corrected chi connectivity index (χ1v) is 5.42. The lowest BCUT2D eigenvalue weighted by molar-refractivity contribution is -0.117. The Hall–Kier alpha value is -1.55. The van der Waals surface area contributed by atoms with Crippen molar-refractivity contribution >= 4 is 17.3 Å². The fraction of sp³-hybridized carbons (Fsp3) is 0.417. The van der Waals surface area contributed by atoms with Crippen molar-refractivity contribution in [1.29, 1.82) is 0 Å². The van der Waals surface area contributed by atoms with Crippen LogP contribution in [0.4, 0.5) is 11.4 Å². The minimum absolute atomic E-state index is 0.0391. The van der Waals surface area contributed by atoms with Crippen LogP contribution >= 0.6 is 0 Å². The summed E-state index contributed by atoms with van der Waals surface area (Å²) in [6, 6.07) is 7.85. The molecule has 86 valence electrons. The van der Waals surface area contributed by atoms with Crippen molar-refractivity contribution in [2.45, 2.75) is 12.5 Å². The summed E-state index contributed by atoms with van der Waals surface area (Å²) in [5, 5.41) is 0. The number of carbonyl (C=O) groups excluding carboxylic acids is 1. The summed E-state index contributed by atoms with van der Waals surface area (Å²) in [7, 11) is 3.94. The molecule has 1 unspecified atom stereocenters. The van der Waals surface area contributed by atoms with Gasteiger partial charge in [-0.3, -0.25) is 4.79 Å². The van der Waals surface area contributed by atoms with Crippen molar-refractivity contribution in [2.75, 3.05) is 30.4 Å². The Morgan fingerprint density at radius 1 is 1.38 bits per heavy atom. The highest BCUT2D eigenvalue weighted by molar-refractivity contribution is 5.99. The molecule has 0 aliphatic carbocycles. The van der Waals surface area contributed by atoms with E-state index in [2.05, 4.69) is 0 Å². The monoisotopic (exact) mass is 219 g/mol. The Morgan fingerprint density at radius 3 is 2.62 bits per heavy atom. The zero-order valence-corrected chi connectivity index (χ0v) is 9.68. The van der Waals surface area contributed by atoms with E-state index in [1.165, 1.54) is 0 Å². The quantitative estimate of drug-likeness (QED) is 0.801. The number of rotatable bonds is 2. The Labute approximate surface area is 95.6 Å². The van der Waals surface area contributed by atoms with Gasteiger partial charge in [-0.25, -0.2) is 0 Å². The fourth-order valence-corrected chi connectivity index (χ4v) is 2.04. The molecule has 1 saturated heterocycles. The van der Waals surface area contributed by atoms with Crippen LogP contribution in [0.15, 0.2) is 24.3 Å². The molecule has 2 rings (SSSR count). The molecular weight excluding hydrogens is 202 g/mol. The van der Waals surface area contributed by atoms with E-state index in [4.69, 9.17) is 5.73 Å². The number of carbonyl (C=O) groups is 1. The van der Waals surface area contributed by atoms with Crippen molar-refractivity contribution in [3.8, 4) is 0 Å². The molecule has 1 aromatic carbocycles. The van der Waals surface area contributed by atoms with Crippen LogP contribution in [-0.2, 0) is 4.79 Å². The molecule has 1 aromatic rings. The molecule has 1 heterocycles. The third-order valence-corrected chi connectivity index (χ3v) is 2.81. The van der Waals surface area contributed by atoms with Crippen LogP contribution in [0.3, 0.4) is 0 Å². The lowest BCUT2D eigenvalue weighted by Gasteiger charge is -2.23. The lowest BCUT2D eigenvalue weighted by Crippen LogP contribution is -2.29. The SMILES string of the molecule is CN(C)c1ccccc1N1CC(N)CC1=O. The molecule has 2 N–H and O–H groups in total. The molecule has 1 aliphatic heterocycles. The van der Waals surface area contributed by atoms with Crippen LogP contribution in [0.2, 0.25) is 0 Å². The number of nitrogens with two attached hydrogens (primary N) is 1. The maximum Gasteiger partial charge on any atom is 0.228 e. The van der Waals surface area contributed by atoms with Crippen LogP contribution < -0.4 is 15.5 Å². The van der Waals surface area contributed by atoms with Crippen LogP contribution in [0.5, 0.6) is 0 Å². The maximum atomic E-state index is 11.8. The first kappa shape index (κ1) is 11.0. The van der Waals surface area contributed by atoms with Gasteiger partial charge in [0.2, 0.25) is 5.91 Å². The second-order valence-corrected chi connectivity index (χ2v) is 4.35. The van der Waals surface area contributed by atoms with Gasteiger partial charge in [0, 0.05) is 33.1 Å². The molecule has 0 aromatic heterocycles. The van der Waals surface area contributed by atoms with Crippen LogP contribution in [0.1, 0.15) is 6.42 Å². The van der Waals surface area contributed by atoms with E-state index in [9.17, 15) is 4.79 Å². The van der Waals surface area contributed by atoms with E-state index in [-0.39, 0.29) is 11.9 Å². The van der Waals surface area contributed by atoms with E-state index < -0.39 is 0 Å². The summed E-state index contributed by atoms with van der Waals surface area (Å²) in [6.07, 6.45) is 0.446. The largest absolute Gasteiger partial charge is 0.376 e. The van der Waals surface area contributed by atoms with Gasteiger partial charge in [-0.15, -0.1) is 0 Å². The van der Waals surface area contributed by atoms with Gasteiger partial charge in [0.05, 0.1) is 11.4 Å². The van der Waals surface area contributed by atoms with Crippen molar-refractivity contribution < 1.29 is 4.79 Å². The van der Waals surface area contributed by atoms with Gasteiger partial charge in [-0.05, 0) is 12.1 Å². The topological polar surface area (TPSA) is 49.6 Å². The van der Waals surface area contributed by atoms with Gasteiger partial charge >= 0.3 is 0 Å². The van der Waals surface area contributed by atoms with Crippen LogP contribution in [0, 0.1) is 0 Å². The Balaban J connectivity index is 2.36. The molecule has 1 fully saturated rings. The predicted octanol–water partition coefficient (Wildman–Crippen LogP) is 0.817. The third kappa shape index (κ3) is 1.88. The van der Waals surface area contributed by atoms with Gasteiger partial charge in [-0.1, -0.05) is 12.1 Å².